The van der Waals surface area contributed by atoms with Gasteiger partial charge in [0.25, 0.3) is 0 Å². The number of aromatic nitrogens is 3. The molecule has 6 nitrogen and oxygen atoms in total. The van der Waals surface area contributed by atoms with Crippen LogP contribution in [0.25, 0.3) is 0 Å². The molecule has 0 aliphatic carbocycles. The van der Waals surface area contributed by atoms with Gasteiger partial charge >= 0.3 is 0 Å². The number of aryl methyl sites for hydroxylation is 2. The molecule has 134 valence electrons. The summed E-state index contributed by atoms with van der Waals surface area (Å²) >= 11 is 1.66. The van der Waals surface area contributed by atoms with Crippen LogP contribution in [-0.2, 0) is 24.9 Å². The van der Waals surface area contributed by atoms with Gasteiger partial charge in [0.05, 0.1) is 29.3 Å². The highest BCUT2D eigenvalue weighted by Crippen LogP contribution is 2.41. The molecule has 0 radical (unpaired) electrons. The second-order valence-corrected chi connectivity index (χ2v) is 8.62. The van der Waals surface area contributed by atoms with E-state index < -0.39 is 0 Å². The van der Waals surface area contributed by atoms with Gasteiger partial charge in [-0.25, -0.2) is 9.97 Å². The van der Waals surface area contributed by atoms with Crippen LogP contribution >= 0.6 is 11.3 Å². The summed E-state index contributed by atoms with van der Waals surface area (Å²) in [5.41, 5.74) is 2.45. The normalized spacial score (nSPS) is 20.7. The number of amides is 1. The van der Waals surface area contributed by atoms with Crippen LogP contribution in [0.1, 0.15) is 35.7 Å². The van der Waals surface area contributed by atoms with Crippen LogP contribution < -0.4 is 0 Å². The number of carbonyl (C=O) groups is 1. The van der Waals surface area contributed by atoms with E-state index in [0.717, 1.165) is 49.7 Å². The number of carbonyl (C=O) groups excluding carboxylic acids is 1. The lowest BCUT2D eigenvalue weighted by atomic mass is 9.77. The summed E-state index contributed by atoms with van der Waals surface area (Å²) in [6.07, 6.45) is 6.71. The standard InChI is InChI=1S/C18H25N5OS/c1-14-20-15(11-25-14)9-23-12-18(7-17(23)24)3-5-22(6-4-18)10-16-8-19-13-21(16)2/h8,11,13H,3-7,9-10,12H2,1-2H3. The maximum atomic E-state index is 12.5. The van der Waals surface area contributed by atoms with Gasteiger partial charge in [-0.1, -0.05) is 0 Å². The van der Waals surface area contributed by atoms with Crippen molar-refractivity contribution in [3.8, 4) is 0 Å². The molecule has 0 saturated carbocycles. The van der Waals surface area contributed by atoms with Gasteiger partial charge < -0.3 is 9.47 Å². The zero-order valence-corrected chi connectivity index (χ0v) is 15.8. The SMILES string of the molecule is Cc1nc(CN2CC3(CCN(Cc4cncn4C)CC3)CC2=O)cs1. The van der Waals surface area contributed by atoms with Crippen molar-refractivity contribution in [1.82, 2.24) is 24.3 Å². The molecule has 4 heterocycles. The highest BCUT2D eigenvalue weighted by molar-refractivity contribution is 7.09. The van der Waals surface area contributed by atoms with Crippen molar-refractivity contribution in [3.05, 3.63) is 34.3 Å². The van der Waals surface area contributed by atoms with E-state index >= 15 is 0 Å². The van der Waals surface area contributed by atoms with Crippen LogP contribution in [0.4, 0.5) is 0 Å². The summed E-state index contributed by atoms with van der Waals surface area (Å²) in [6, 6.07) is 0. The van der Waals surface area contributed by atoms with Crippen LogP contribution in [0.5, 0.6) is 0 Å². The van der Waals surface area contributed by atoms with Crippen LogP contribution in [0.15, 0.2) is 17.9 Å². The molecule has 2 fully saturated rings. The van der Waals surface area contributed by atoms with Crippen LogP contribution in [0, 0.1) is 12.3 Å². The van der Waals surface area contributed by atoms with Crippen molar-refractivity contribution in [2.24, 2.45) is 12.5 Å². The molecule has 7 heteroatoms. The molecular weight excluding hydrogens is 334 g/mol. The first-order valence-corrected chi connectivity index (χ1v) is 9.77. The number of piperidine rings is 1. The minimum Gasteiger partial charge on any atom is -0.337 e. The minimum absolute atomic E-state index is 0.172. The van der Waals surface area contributed by atoms with E-state index in [9.17, 15) is 4.79 Å². The van der Waals surface area contributed by atoms with Gasteiger partial charge in [-0.05, 0) is 38.3 Å². The molecule has 0 aromatic carbocycles. The predicted molar refractivity (Wildman–Crippen MR) is 97.0 cm³/mol. The first-order chi connectivity index (χ1) is 12.0. The number of nitrogens with zero attached hydrogens (tertiary/aromatic N) is 5. The largest absolute Gasteiger partial charge is 0.337 e. The fourth-order valence-electron chi connectivity index (χ4n) is 4.09. The number of hydrogen-bond donors (Lipinski definition) is 0. The van der Waals surface area contributed by atoms with Crippen molar-refractivity contribution in [1.29, 1.82) is 0 Å². The molecule has 2 aromatic heterocycles. The fraction of sp³-hybridized carbons (Fsp3) is 0.611. The van der Waals surface area contributed by atoms with E-state index in [-0.39, 0.29) is 5.41 Å². The van der Waals surface area contributed by atoms with Gasteiger partial charge in [0.15, 0.2) is 0 Å². The molecule has 0 unspecified atom stereocenters. The van der Waals surface area contributed by atoms with Crippen molar-refractivity contribution < 1.29 is 4.79 Å². The monoisotopic (exact) mass is 359 g/mol. The van der Waals surface area contributed by atoms with Gasteiger partial charge in [-0.15, -0.1) is 11.3 Å². The second-order valence-electron chi connectivity index (χ2n) is 7.56. The number of imidazole rings is 1. The molecule has 2 aliphatic rings. The van der Waals surface area contributed by atoms with Gasteiger partial charge in [0.2, 0.25) is 5.91 Å². The van der Waals surface area contributed by atoms with Crippen LogP contribution in [0.2, 0.25) is 0 Å². The molecule has 2 aromatic rings. The average molecular weight is 359 g/mol. The number of thiazole rings is 1. The predicted octanol–water partition coefficient (Wildman–Crippen LogP) is 2.20. The van der Waals surface area contributed by atoms with Crippen molar-refractivity contribution in [3.63, 3.8) is 0 Å². The molecule has 1 amide bonds. The molecule has 2 saturated heterocycles. The number of rotatable bonds is 4. The Labute approximate surface area is 152 Å². The Bertz CT molecular complexity index is 759. The summed E-state index contributed by atoms with van der Waals surface area (Å²) in [5.74, 6) is 0.297. The Kier molecular flexibility index (Phi) is 4.37. The van der Waals surface area contributed by atoms with E-state index in [4.69, 9.17) is 0 Å². The average Bonchev–Trinajstić information content (AvgIpc) is 3.25. The highest BCUT2D eigenvalue weighted by Gasteiger charge is 2.44. The topological polar surface area (TPSA) is 54.3 Å². The molecule has 1 spiro atoms. The Balaban J connectivity index is 1.35. The van der Waals surface area contributed by atoms with E-state index in [1.165, 1.54) is 5.69 Å². The van der Waals surface area contributed by atoms with Gasteiger partial charge in [-0.3, -0.25) is 9.69 Å². The van der Waals surface area contributed by atoms with Crippen molar-refractivity contribution >= 4 is 17.2 Å². The quantitative estimate of drug-likeness (QED) is 0.840. The Hall–Kier alpha value is -1.73. The summed E-state index contributed by atoms with van der Waals surface area (Å²) in [5, 5.41) is 3.14. The molecular formula is C18H25N5OS. The van der Waals surface area contributed by atoms with Crippen LogP contribution in [0.3, 0.4) is 0 Å². The summed E-state index contributed by atoms with van der Waals surface area (Å²) in [7, 11) is 2.04. The third kappa shape index (κ3) is 3.48. The highest BCUT2D eigenvalue weighted by atomic mass is 32.1. The molecule has 4 rings (SSSR count). The Morgan fingerprint density at radius 3 is 2.72 bits per heavy atom. The van der Waals surface area contributed by atoms with Gasteiger partial charge in [0, 0.05) is 38.1 Å². The number of likely N-dealkylation sites (tertiary alicyclic amines) is 2. The first kappa shape index (κ1) is 16.7. The maximum absolute atomic E-state index is 12.5. The first-order valence-electron chi connectivity index (χ1n) is 8.89. The van der Waals surface area contributed by atoms with E-state index in [1.807, 2.05) is 31.4 Å². The summed E-state index contributed by atoms with van der Waals surface area (Å²) < 4.78 is 2.08. The third-order valence-corrected chi connectivity index (χ3v) is 6.47. The fourth-order valence-corrected chi connectivity index (χ4v) is 4.69. The molecule has 25 heavy (non-hydrogen) atoms. The van der Waals surface area contributed by atoms with E-state index in [1.54, 1.807) is 11.3 Å². The van der Waals surface area contributed by atoms with E-state index in [0.29, 0.717) is 18.9 Å². The Morgan fingerprint density at radius 2 is 2.08 bits per heavy atom. The summed E-state index contributed by atoms with van der Waals surface area (Å²) in [6.45, 7) is 6.64. The second kappa shape index (κ2) is 6.53. The summed E-state index contributed by atoms with van der Waals surface area (Å²) in [4.78, 5) is 25.7. The lowest BCUT2D eigenvalue weighted by molar-refractivity contribution is -0.128. The molecule has 2 aliphatic heterocycles. The Morgan fingerprint density at radius 1 is 1.28 bits per heavy atom. The lowest BCUT2D eigenvalue weighted by Crippen LogP contribution is -2.41. The van der Waals surface area contributed by atoms with E-state index in [2.05, 4.69) is 24.8 Å². The van der Waals surface area contributed by atoms with Crippen LogP contribution in [-0.4, -0.2) is 49.9 Å². The van der Waals surface area contributed by atoms with Gasteiger partial charge in [0.1, 0.15) is 0 Å². The third-order valence-electron chi connectivity index (χ3n) is 5.64. The van der Waals surface area contributed by atoms with Crippen molar-refractivity contribution in [2.75, 3.05) is 19.6 Å². The number of hydrogen-bond acceptors (Lipinski definition) is 5. The van der Waals surface area contributed by atoms with Crippen molar-refractivity contribution in [2.45, 2.75) is 39.3 Å². The zero-order chi connectivity index (χ0) is 17.4. The van der Waals surface area contributed by atoms with Gasteiger partial charge in [-0.2, -0.15) is 0 Å². The zero-order valence-electron chi connectivity index (χ0n) is 14.9. The smallest absolute Gasteiger partial charge is 0.223 e. The minimum atomic E-state index is 0.172. The molecule has 0 bridgehead atoms. The maximum Gasteiger partial charge on any atom is 0.223 e. The molecule has 0 N–H and O–H groups in total. The lowest BCUT2D eigenvalue weighted by Gasteiger charge is -2.38. The molecule has 0 atom stereocenters.